The molecule has 0 saturated carbocycles. The molecule has 0 radical (unpaired) electrons. The molecule has 0 spiro atoms. The smallest absolute Gasteiger partial charge is 0.326 e. The molecule has 1 unspecified atom stereocenters. The van der Waals surface area contributed by atoms with Gasteiger partial charge < -0.3 is 25.0 Å². The van der Waals surface area contributed by atoms with Gasteiger partial charge in [0.15, 0.2) is 0 Å². The van der Waals surface area contributed by atoms with Crippen molar-refractivity contribution in [3.05, 3.63) is 71.0 Å². The van der Waals surface area contributed by atoms with Crippen LogP contribution in [0.5, 0.6) is 5.75 Å². The van der Waals surface area contributed by atoms with Crippen LogP contribution in [0.25, 0.3) is 22.3 Å². The van der Waals surface area contributed by atoms with Gasteiger partial charge in [-0.25, -0.2) is 9.18 Å². The first-order valence-corrected chi connectivity index (χ1v) is 13.8. The Hall–Kier alpha value is -4.28. The first-order valence-electron chi connectivity index (χ1n) is 13.8. The number of rotatable bonds is 8. The largest absolute Gasteiger partial charge is 0.496 e. The number of urea groups is 1. The lowest BCUT2D eigenvalue weighted by Gasteiger charge is -2.33. The Morgan fingerprint density at radius 1 is 1.02 bits per heavy atom. The van der Waals surface area contributed by atoms with Crippen molar-refractivity contribution in [2.45, 2.75) is 26.4 Å². The fraction of sp³-hybridized carbons (Fsp3) is 0.344. The van der Waals surface area contributed by atoms with E-state index in [2.05, 4.69) is 10.6 Å². The maximum Gasteiger partial charge on any atom is 0.326 e. The number of amides is 4. The number of ether oxygens (including phenoxy) is 2. The summed E-state index contributed by atoms with van der Waals surface area (Å²) in [6.45, 7) is 5.47. The highest BCUT2D eigenvalue weighted by atomic mass is 19.1. The summed E-state index contributed by atoms with van der Waals surface area (Å²) in [5.74, 6) is -1.89. The number of nitrogens with one attached hydrogen (secondary N) is 2. The molecule has 0 bridgehead atoms. The average molecular weight is 575 g/mol. The quantitative estimate of drug-likeness (QED) is 0.388. The van der Waals surface area contributed by atoms with E-state index in [-0.39, 0.29) is 18.4 Å². The van der Waals surface area contributed by atoms with E-state index >= 15 is 4.39 Å². The summed E-state index contributed by atoms with van der Waals surface area (Å²) in [5.41, 5.74) is 6.16. The van der Waals surface area contributed by atoms with Crippen LogP contribution < -0.4 is 15.4 Å². The number of imide groups is 1. The fourth-order valence-electron chi connectivity index (χ4n) is 5.45. The molecule has 42 heavy (non-hydrogen) atoms. The van der Waals surface area contributed by atoms with E-state index in [0.29, 0.717) is 42.3 Å². The van der Waals surface area contributed by atoms with E-state index in [9.17, 15) is 14.4 Å². The molecular weight excluding hydrogens is 539 g/mol. The number of benzene rings is 3. The van der Waals surface area contributed by atoms with E-state index in [1.54, 1.807) is 13.1 Å². The van der Waals surface area contributed by atoms with Crippen molar-refractivity contribution in [2.24, 2.45) is 5.92 Å². The van der Waals surface area contributed by atoms with Gasteiger partial charge in [-0.05, 0) is 65.4 Å². The normalized spacial score (nSPS) is 17.3. The molecule has 220 valence electrons. The minimum absolute atomic E-state index is 0.0115. The van der Waals surface area contributed by atoms with Gasteiger partial charge >= 0.3 is 6.03 Å². The summed E-state index contributed by atoms with van der Waals surface area (Å²) in [5, 5.41) is 6.19. The van der Waals surface area contributed by atoms with Gasteiger partial charge in [-0.1, -0.05) is 30.3 Å². The average Bonchev–Trinajstić information content (AvgIpc) is 2.95. The van der Waals surface area contributed by atoms with Crippen molar-refractivity contribution in [3.8, 4) is 28.0 Å². The van der Waals surface area contributed by atoms with Crippen LogP contribution in [-0.4, -0.2) is 74.7 Å². The van der Waals surface area contributed by atoms with E-state index < -0.39 is 23.8 Å². The number of methoxy groups -OCH3 is 1. The highest BCUT2D eigenvalue weighted by molar-refractivity contribution is 6.12. The van der Waals surface area contributed by atoms with Crippen molar-refractivity contribution in [1.29, 1.82) is 0 Å². The molecule has 5 rings (SSSR count). The van der Waals surface area contributed by atoms with Gasteiger partial charge in [-0.3, -0.25) is 14.5 Å². The highest BCUT2D eigenvalue weighted by Crippen LogP contribution is 2.38. The predicted octanol–water partition coefficient (Wildman–Crippen LogP) is 4.35. The monoisotopic (exact) mass is 574 g/mol. The van der Waals surface area contributed by atoms with Gasteiger partial charge in [0.05, 0.1) is 26.4 Å². The number of hydrogen-bond acceptors (Lipinski definition) is 6. The first-order chi connectivity index (χ1) is 20.1. The lowest BCUT2D eigenvalue weighted by molar-refractivity contribution is -0.140. The minimum atomic E-state index is -1.00. The van der Waals surface area contributed by atoms with Gasteiger partial charge in [-0.2, -0.15) is 0 Å². The fourth-order valence-corrected chi connectivity index (χ4v) is 5.45. The highest BCUT2D eigenvalue weighted by Gasteiger charge is 2.39. The molecule has 9 nitrogen and oxygen atoms in total. The molecule has 2 N–H and O–H groups in total. The SMILES string of the molecule is COc1cc(-c2cccc(-c3cccc(NC(=O)C4CN(C)C(=O)N(C)C4=O)c3C)c2C)cc(F)c1CNC1COC1. The third-order valence-corrected chi connectivity index (χ3v) is 8.12. The molecule has 3 aromatic carbocycles. The standard InChI is InChI=1S/C32H35FN4O5/c1-18-22(20-12-27(33)25(29(13-20)41-5)14-34-21-16-42-17-21)8-6-9-23(18)24-10-7-11-28(19(24)2)35-30(38)26-15-36(3)32(40)37(4)31(26)39/h6-13,21,26,34H,14-17H2,1-5H3,(H,35,38). The van der Waals surface area contributed by atoms with Crippen LogP contribution in [0, 0.1) is 25.6 Å². The van der Waals surface area contributed by atoms with E-state index in [0.717, 1.165) is 32.7 Å². The number of anilines is 1. The molecular formula is C32H35FN4O5. The van der Waals surface area contributed by atoms with Crippen LogP contribution in [0.1, 0.15) is 16.7 Å². The Morgan fingerprint density at radius 2 is 1.69 bits per heavy atom. The van der Waals surface area contributed by atoms with Gasteiger partial charge in [0.1, 0.15) is 17.5 Å². The molecule has 2 aliphatic rings. The van der Waals surface area contributed by atoms with Gasteiger partial charge in [-0.15, -0.1) is 0 Å². The molecule has 3 aromatic rings. The molecule has 2 saturated heterocycles. The zero-order valence-corrected chi connectivity index (χ0v) is 24.4. The second-order valence-electron chi connectivity index (χ2n) is 10.8. The third kappa shape index (κ3) is 5.47. The summed E-state index contributed by atoms with van der Waals surface area (Å²) < 4.78 is 26.1. The molecule has 0 aromatic heterocycles. The van der Waals surface area contributed by atoms with Crippen molar-refractivity contribution in [2.75, 3.05) is 46.3 Å². The predicted molar refractivity (Wildman–Crippen MR) is 158 cm³/mol. The lowest BCUT2D eigenvalue weighted by Crippen LogP contribution is -2.56. The van der Waals surface area contributed by atoms with Crippen LogP contribution in [0.4, 0.5) is 14.9 Å². The van der Waals surface area contributed by atoms with E-state index in [1.165, 1.54) is 25.1 Å². The maximum atomic E-state index is 15.4. The number of carbonyl (C=O) groups is 3. The molecule has 2 fully saturated rings. The van der Waals surface area contributed by atoms with Crippen LogP contribution >= 0.6 is 0 Å². The van der Waals surface area contributed by atoms with Crippen LogP contribution in [-0.2, 0) is 20.9 Å². The van der Waals surface area contributed by atoms with Crippen LogP contribution in [0.15, 0.2) is 48.5 Å². The Bertz CT molecular complexity index is 1550. The second kappa shape index (κ2) is 11.9. The number of carbonyl (C=O) groups excluding carboxylic acids is 3. The zero-order chi connectivity index (χ0) is 30.1. The number of nitrogens with zero attached hydrogens (tertiary/aromatic N) is 2. The molecule has 4 amide bonds. The Morgan fingerprint density at radius 3 is 2.36 bits per heavy atom. The van der Waals surface area contributed by atoms with Crippen molar-refractivity contribution < 1.29 is 28.2 Å². The van der Waals surface area contributed by atoms with Crippen molar-refractivity contribution >= 4 is 23.5 Å². The number of hydrogen-bond donors (Lipinski definition) is 2. The lowest BCUT2D eigenvalue weighted by atomic mass is 9.90. The van der Waals surface area contributed by atoms with E-state index in [1.807, 2.05) is 50.2 Å². The zero-order valence-electron chi connectivity index (χ0n) is 24.4. The summed E-state index contributed by atoms with van der Waals surface area (Å²) in [4.78, 5) is 40.2. The maximum absolute atomic E-state index is 15.4. The second-order valence-corrected chi connectivity index (χ2v) is 10.8. The summed E-state index contributed by atoms with van der Waals surface area (Å²) in [7, 11) is 4.47. The van der Waals surface area contributed by atoms with Gasteiger partial charge in [0, 0.05) is 38.4 Å². The van der Waals surface area contributed by atoms with E-state index in [4.69, 9.17) is 9.47 Å². The topological polar surface area (TPSA) is 100 Å². The summed E-state index contributed by atoms with van der Waals surface area (Å²) in [6, 6.07) is 14.6. The molecule has 0 aliphatic carbocycles. The molecule has 10 heteroatoms. The Balaban J connectivity index is 1.43. The van der Waals surface area contributed by atoms with Crippen molar-refractivity contribution in [1.82, 2.24) is 15.1 Å². The minimum Gasteiger partial charge on any atom is -0.496 e. The Kier molecular flexibility index (Phi) is 8.29. The summed E-state index contributed by atoms with van der Waals surface area (Å²) in [6.07, 6.45) is 0. The van der Waals surface area contributed by atoms with Crippen molar-refractivity contribution in [3.63, 3.8) is 0 Å². The van der Waals surface area contributed by atoms with Crippen LogP contribution in [0.3, 0.4) is 0 Å². The molecule has 2 aliphatic heterocycles. The van der Waals surface area contributed by atoms with Gasteiger partial charge in [0.2, 0.25) is 11.8 Å². The van der Waals surface area contributed by atoms with Gasteiger partial charge in [0.25, 0.3) is 0 Å². The third-order valence-electron chi connectivity index (χ3n) is 8.12. The molecule has 2 heterocycles. The van der Waals surface area contributed by atoms with Crippen LogP contribution in [0.2, 0.25) is 0 Å². The summed E-state index contributed by atoms with van der Waals surface area (Å²) >= 11 is 0. The first kappa shape index (κ1) is 29.2. The number of halogens is 1. The Labute approximate surface area is 244 Å². The molecule has 1 atom stereocenters.